The Balaban J connectivity index is 1.40. The molecule has 1 aliphatic rings. The number of oxazole rings is 1. The maximum atomic E-state index is 12.4. The molecule has 0 bridgehead atoms. The van der Waals surface area contributed by atoms with Crippen molar-refractivity contribution in [3.63, 3.8) is 0 Å². The van der Waals surface area contributed by atoms with E-state index in [1.54, 1.807) is 11.8 Å². The van der Waals surface area contributed by atoms with Crippen LogP contribution in [-0.4, -0.2) is 46.6 Å². The van der Waals surface area contributed by atoms with Crippen LogP contribution in [0.4, 0.5) is 0 Å². The molecule has 1 aliphatic heterocycles. The van der Waals surface area contributed by atoms with E-state index in [0.717, 1.165) is 46.4 Å². The van der Waals surface area contributed by atoms with Gasteiger partial charge in [0.1, 0.15) is 29.9 Å². The predicted octanol–water partition coefficient (Wildman–Crippen LogP) is 5.02. The number of ether oxygens (including phenoxy) is 2. The highest BCUT2D eigenvalue weighted by molar-refractivity contribution is 7.99. The first kappa shape index (κ1) is 23.4. The zero-order valence-corrected chi connectivity index (χ0v) is 20.2. The monoisotopic (exact) mass is 466 g/mol. The number of carbonyl (C=O) groups is 1. The maximum Gasteiger partial charge on any atom is 0.324 e. The van der Waals surface area contributed by atoms with Crippen LogP contribution in [0.5, 0.6) is 5.75 Å². The maximum absolute atomic E-state index is 12.4. The van der Waals surface area contributed by atoms with Crippen LogP contribution in [0.3, 0.4) is 0 Å². The van der Waals surface area contributed by atoms with Gasteiger partial charge in [-0.3, -0.25) is 9.69 Å². The van der Waals surface area contributed by atoms with Crippen molar-refractivity contribution in [2.24, 2.45) is 0 Å². The molecule has 1 aromatic heterocycles. The van der Waals surface area contributed by atoms with Crippen LogP contribution in [0.1, 0.15) is 29.5 Å². The number of thioether (sulfide) groups is 1. The molecule has 1 saturated heterocycles. The second-order valence-corrected chi connectivity index (χ2v) is 9.29. The van der Waals surface area contributed by atoms with Gasteiger partial charge in [-0.2, -0.15) is 11.8 Å². The lowest BCUT2D eigenvalue weighted by Gasteiger charge is -2.33. The van der Waals surface area contributed by atoms with Crippen molar-refractivity contribution in [2.75, 3.05) is 24.7 Å². The highest BCUT2D eigenvalue weighted by Gasteiger charge is 2.30. The van der Waals surface area contributed by atoms with Crippen LogP contribution in [0.25, 0.3) is 11.5 Å². The van der Waals surface area contributed by atoms with Gasteiger partial charge in [0.25, 0.3) is 0 Å². The third-order valence-corrected chi connectivity index (χ3v) is 6.67. The summed E-state index contributed by atoms with van der Waals surface area (Å²) in [4.78, 5) is 19.2. The summed E-state index contributed by atoms with van der Waals surface area (Å²) in [5.74, 6) is 3.77. The second kappa shape index (κ2) is 10.9. The highest BCUT2D eigenvalue weighted by atomic mass is 32.2. The number of rotatable bonds is 8. The fraction of sp³-hybridized carbons (Fsp3) is 0.385. The number of aromatic nitrogens is 1. The van der Waals surface area contributed by atoms with E-state index in [9.17, 15) is 4.79 Å². The summed E-state index contributed by atoms with van der Waals surface area (Å²) in [5, 5.41) is 0. The Labute approximate surface area is 199 Å². The minimum atomic E-state index is -0.203. The van der Waals surface area contributed by atoms with Gasteiger partial charge in [-0.1, -0.05) is 29.8 Å². The number of carbonyl (C=O) groups excluding carboxylic acids is 1. The normalized spacial score (nSPS) is 16.5. The number of benzene rings is 2. The van der Waals surface area contributed by atoms with Gasteiger partial charge in [-0.25, -0.2) is 4.98 Å². The van der Waals surface area contributed by atoms with Gasteiger partial charge in [-0.05, 0) is 50.6 Å². The minimum Gasteiger partial charge on any atom is -0.487 e. The average molecular weight is 467 g/mol. The van der Waals surface area contributed by atoms with E-state index in [1.165, 1.54) is 5.56 Å². The topological polar surface area (TPSA) is 64.8 Å². The van der Waals surface area contributed by atoms with Gasteiger partial charge in [0, 0.05) is 30.2 Å². The Kier molecular flexibility index (Phi) is 7.73. The smallest absolute Gasteiger partial charge is 0.324 e. The standard InChI is InChI=1S/C26H30N2O4S/c1-4-30-26(29)24-17-33-13-12-28(24)15-20-6-5-7-22(14-20)31-16-23-19(3)32-25(27-23)21-10-8-18(2)9-11-21/h5-11,14,24H,4,12-13,15-17H2,1-3H3. The fourth-order valence-corrected chi connectivity index (χ4v) is 4.88. The predicted molar refractivity (Wildman–Crippen MR) is 130 cm³/mol. The van der Waals surface area contributed by atoms with Crippen molar-refractivity contribution in [3.8, 4) is 17.2 Å². The highest BCUT2D eigenvalue weighted by Crippen LogP contribution is 2.25. The van der Waals surface area contributed by atoms with E-state index < -0.39 is 0 Å². The van der Waals surface area contributed by atoms with E-state index in [1.807, 2.05) is 56.3 Å². The lowest BCUT2D eigenvalue weighted by atomic mass is 10.1. The average Bonchev–Trinajstić information content (AvgIpc) is 3.19. The first-order valence-corrected chi connectivity index (χ1v) is 12.4. The zero-order valence-electron chi connectivity index (χ0n) is 19.4. The summed E-state index contributed by atoms with van der Waals surface area (Å²) in [6, 6.07) is 15.9. The van der Waals surface area contributed by atoms with E-state index in [4.69, 9.17) is 13.9 Å². The summed E-state index contributed by atoms with van der Waals surface area (Å²) in [6.07, 6.45) is 0. The summed E-state index contributed by atoms with van der Waals surface area (Å²) < 4.78 is 17.2. The number of hydrogen-bond acceptors (Lipinski definition) is 7. The number of esters is 1. The lowest BCUT2D eigenvalue weighted by molar-refractivity contribution is -0.148. The Morgan fingerprint density at radius 1 is 1.21 bits per heavy atom. The molecule has 2 heterocycles. The molecule has 6 nitrogen and oxygen atoms in total. The molecular formula is C26H30N2O4S. The summed E-state index contributed by atoms with van der Waals surface area (Å²) in [7, 11) is 0. The minimum absolute atomic E-state index is 0.136. The first-order chi connectivity index (χ1) is 16.0. The summed E-state index contributed by atoms with van der Waals surface area (Å²) >= 11 is 1.80. The molecule has 4 rings (SSSR count). The number of nitrogens with zero attached hydrogens (tertiary/aromatic N) is 2. The third kappa shape index (κ3) is 5.97. The van der Waals surface area contributed by atoms with Gasteiger partial charge >= 0.3 is 5.97 Å². The van der Waals surface area contributed by atoms with Crippen LogP contribution in [-0.2, 0) is 22.7 Å². The molecule has 7 heteroatoms. The first-order valence-electron chi connectivity index (χ1n) is 11.3. The van der Waals surface area contributed by atoms with E-state index in [2.05, 4.69) is 22.9 Å². The lowest BCUT2D eigenvalue weighted by Crippen LogP contribution is -2.47. The van der Waals surface area contributed by atoms with Crippen molar-refractivity contribution in [1.82, 2.24) is 9.88 Å². The van der Waals surface area contributed by atoms with Gasteiger partial charge in [0.15, 0.2) is 0 Å². The molecule has 1 fully saturated rings. The van der Waals surface area contributed by atoms with Crippen LogP contribution < -0.4 is 4.74 Å². The van der Waals surface area contributed by atoms with Crippen molar-refractivity contribution < 1.29 is 18.7 Å². The van der Waals surface area contributed by atoms with Gasteiger partial charge < -0.3 is 13.9 Å². The molecule has 0 aliphatic carbocycles. The largest absolute Gasteiger partial charge is 0.487 e. The van der Waals surface area contributed by atoms with E-state index in [-0.39, 0.29) is 12.0 Å². The van der Waals surface area contributed by atoms with Crippen LogP contribution in [0, 0.1) is 13.8 Å². The van der Waals surface area contributed by atoms with Crippen LogP contribution in [0.15, 0.2) is 52.9 Å². The Hall–Kier alpha value is -2.77. The second-order valence-electron chi connectivity index (χ2n) is 8.14. The summed E-state index contributed by atoms with van der Waals surface area (Å²) in [6.45, 7) is 8.09. The van der Waals surface area contributed by atoms with Crippen LogP contribution >= 0.6 is 11.8 Å². The molecule has 0 radical (unpaired) electrons. The molecule has 174 valence electrons. The molecule has 0 N–H and O–H groups in total. The SMILES string of the molecule is CCOC(=O)C1CSCCN1Cc1cccc(OCc2nc(-c3ccc(C)cc3)oc2C)c1. The molecule has 2 aromatic carbocycles. The number of aryl methyl sites for hydroxylation is 2. The van der Waals surface area contributed by atoms with Crippen molar-refractivity contribution in [3.05, 3.63) is 71.1 Å². The van der Waals surface area contributed by atoms with Crippen LogP contribution in [0.2, 0.25) is 0 Å². The molecule has 33 heavy (non-hydrogen) atoms. The van der Waals surface area contributed by atoms with Gasteiger partial charge in [-0.15, -0.1) is 0 Å². The summed E-state index contributed by atoms with van der Waals surface area (Å²) in [5.41, 5.74) is 4.03. The van der Waals surface area contributed by atoms with Crippen molar-refractivity contribution in [1.29, 1.82) is 0 Å². The third-order valence-electron chi connectivity index (χ3n) is 5.65. The zero-order chi connectivity index (χ0) is 23.2. The van der Waals surface area contributed by atoms with E-state index >= 15 is 0 Å². The molecule has 1 unspecified atom stereocenters. The molecule has 0 spiro atoms. The van der Waals surface area contributed by atoms with E-state index in [0.29, 0.717) is 25.6 Å². The molecule has 0 saturated carbocycles. The molecular weight excluding hydrogens is 436 g/mol. The Morgan fingerprint density at radius 3 is 2.82 bits per heavy atom. The van der Waals surface area contributed by atoms with Crippen molar-refractivity contribution >= 4 is 17.7 Å². The van der Waals surface area contributed by atoms with Crippen molar-refractivity contribution in [2.45, 2.75) is 40.0 Å². The molecule has 1 atom stereocenters. The molecule has 3 aromatic rings. The van der Waals surface area contributed by atoms with Gasteiger partial charge in [0.2, 0.25) is 5.89 Å². The Bertz CT molecular complexity index is 1080. The fourth-order valence-electron chi connectivity index (χ4n) is 3.78. The number of hydrogen-bond donors (Lipinski definition) is 0. The molecule has 0 amide bonds. The quantitative estimate of drug-likeness (QED) is 0.432. The Morgan fingerprint density at radius 2 is 2.03 bits per heavy atom. The van der Waals surface area contributed by atoms with Gasteiger partial charge in [0.05, 0.1) is 6.61 Å².